The average molecular weight is 340 g/mol. The topological polar surface area (TPSA) is 158 Å². The summed E-state index contributed by atoms with van der Waals surface area (Å²) in [6.07, 6.45) is -11.0. The van der Waals surface area contributed by atoms with E-state index in [1.165, 1.54) is 7.11 Å². The molecule has 2 aliphatic rings. The minimum atomic E-state index is -1.48. The van der Waals surface area contributed by atoms with E-state index in [1.807, 2.05) is 0 Å². The van der Waals surface area contributed by atoms with Gasteiger partial charge in [0.15, 0.2) is 12.6 Å². The summed E-state index contributed by atoms with van der Waals surface area (Å²) >= 11 is 0. The molecule has 0 spiro atoms. The molecule has 6 N–H and O–H groups in total. The van der Waals surface area contributed by atoms with Crippen molar-refractivity contribution < 1.29 is 49.6 Å². The molecule has 2 rings (SSSR count). The third-order valence-corrected chi connectivity index (χ3v) is 4.06. The Morgan fingerprint density at radius 3 is 2.17 bits per heavy atom. The van der Waals surface area contributed by atoms with E-state index in [1.54, 1.807) is 0 Å². The van der Waals surface area contributed by atoms with Gasteiger partial charge in [0.25, 0.3) is 0 Å². The summed E-state index contributed by atoms with van der Waals surface area (Å²) in [6, 6.07) is 0. The zero-order valence-electron chi connectivity index (χ0n) is 12.6. The summed E-state index contributed by atoms with van der Waals surface area (Å²) < 4.78 is 21.1. The second-order valence-corrected chi connectivity index (χ2v) is 5.65. The Labute approximate surface area is 132 Å². The molecule has 2 heterocycles. The Bertz CT molecular complexity index is 367. The van der Waals surface area contributed by atoms with Gasteiger partial charge in [-0.1, -0.05) is 0 Å². The maximum absolute atomic E-state index is 10.2. The van der Waals surface area contributed by atoms with Crippen molar-refractivity contribution in [2.24, 2.45) is 0 Å². The first-order valence-electron chi connectivity index (χ1n) is 7.36. The number of hydrogen-bond acceptors (Lipinski definition) is 10. The van der Waals surface area contributed by atoms with Gasteiger partial charge >= 0.3 is 0 Å². The summed E-state index contributed by atoms with van der Waals surface area (Å²) in [6.45, 7) is -0.908. The van der Waals surface area contributed by atoms with Crippen molar-refractivity contribution in [1.29, 1.82) is 0 Å². The van der Waals surface area contributed by atoms with E-state index in [4.69, 9.17) is 29.2 Å². The molecule has 2 aliphatic heterocycles. The van der Waals surface area contributed by atoms with Crippen molar-refractivity contribution in [3.63, 3.8) is 0 Å². The number of methoxy groups -OCH3 is 1. The second-order valence-electron chi connectivity index (χ2n) is 5.65. The summed E-state index contributed by atoms with van der Waals surface area (Å²) in [5, 5.41) is 58.0. The third kappa shape index (κ3) is 3.99. The van der Waals surface area contributed by atoms with Crippen molar-refractivity contribution in [3.8, 4) is 0 Å². The molecule has 0 aromatic rings. The van der Waals surface area contributed by atoms with Crippen LogP contribution in [0.1, 0.15) is 6.42 Å². The maximum atomic E-state index is 10.2. The van der Waals surface area contributed by atoms with Gasteiger partial charge in [0.2, 0.25) is 0 Å². The van der Waals surface area contributed by atoms with Crippen LogP contribution in [0.3, 0.4) is 0 Å². The molecule has 0 saturated carbocycles. The van der Waals surface area contributed by atoms with Crippen molar-refractivity contribution in [2.75, 3.05) is 20.3 Å². The van der Waals surface area contributed by atoms with E-state index in [0.717, 1.165) is 0 Å². The average Bonchev–Trinajstić information content (AvgIpc) is 2.55. The third-order valence-electron chi connectivity index (χ3n) is 4.06. The monoisotopic (exact) mass is 340 g/mol. The molecule has 10 nitrogen and oxygen atoms in total. The highest BCUT2D eigenvalue weighted by atomic mass is 16.7. The highest BCUT2D eigenvalue weighted by Crippen LogP contribution is 2.29. The van der Waals surface area contributed by atoms with E-state index in [9.17, 15) is 20.4 Å². The lowest BCUT2D eigenvalue weighted by Gasteiger charge is -2.44. The van der Waals surface area contributed by atoms with Gasteiger partial charge < -0.3 is 49.6 Å². The van der Waals surface area contributed by atoms with Gasteiger partial charge in [-0.2, -0.15) is 0 Å². The van der Waals surface area contributed by atoms with Gasteiger partial charge in [-0.15, -0.1) is 0 Å². The van der Waals surface area contributed by atoms with Crippen molar-refractivity contribution in [1.82, 2.24) is 0 Å². The lowest BCUT2D eigenvalue weighted by atomic mass is 9.98. The van der Waals surface area contributed by atoms with Gasteiger partial charge in [-0.25, -0.2) is 0 Å². The molecular formula is C13H24O10. The van der Waals surface area contributed by atoms with Crippen LogP contribution in [0.4, 0.5) is 0 Å². The maximum Gasteiger partial charge on any atom is 0.187 e. The Hall–Kier alpha value is -0.400. The summed E-state index contributed by atoms with van der Waals surface area (Å²) in [5.74, 6) is 0. The largest absolute Gasteiger partial charge is 0.394 e. The van der Waals surface area contributed by atoms with Crippen LogP contribution in [0.15, 0.2) is 0 Å². The van der Waals surface area contributed by atoms with Gasteiger partial charge in [0, 0.05) is 13.5 Å². The first-order valence-corrected chi connectivity index (χ1v) is 7.36. The normalized spacial score (nSPS) is 48.4. The Balaban J connectivity index is 2.09. The molecule has 0 radical (unpaired) electrons. The Kier molecular flexibility index (Phi) is 6.68. The molecule has 0 amide bonds. The van der Waals surface area contributed by atoms with E-state index in [0.29, 0.717) is 0 Å². The van der Waals surface area contributed by atoms with Crippen molar-refractivity contribution in [2.45, 2.75) is 61.7 Å². The highest BCUT2D eigenvalue weighted by Gasteiger charge is 2.48. The zero-order valence-corrected chi connectivity index (χ0v) is 12.6. The van der Waals surface area contributed by atoms with Crippen LogP contribution < -0.4 is 0 Å². The molecule has 2 fully saturated rings. The van der Waals surface area contributed by atoms with E-state index >= 15 is 0 Å². The van der Waals surface area contributed by atoms with Crippen LogP contribution in [0.25, 0.3) is 0 Å². The number of aliphatic hydroxyl groups excluding tert-OH is 6. The molecule has 23 heavy (non-hydrogen) atoms. The summed E-state index contributed by atoms with van der Waals surface area (Å²) in [4.78, 5) is 0. The van der Waals surface area contributed by atoms with Crippen LogP contribution in [-0.2, 0) is 18.9 Å². The van der Waals surface area contributed by atoms with E-state index in [-0.39, 0.29) is 13.0 Å². The Morgan fingerprint density at radius 1 is 0.913 bits per heavy atom. The molecule has 136 valence electrons. The zero-order chi connectivity index (χ0) is 17.1. The smallest absolute Gasteiger partial charge is 0.187 e. The highest BCUT2D eigenvalue weighted by molar-refractivity contribution is 4.91. The van der Waals surface area contributed by atoms with Crippen LogP contribution in [0, 0.1) is 0 Å². The predicted molar refractivity (Wildman–Crippen MR) is 72.0 cm³/mol. The quantitative estimate of drug-likeness (QED) is 0.294. The van der Waals surface area contributed by atoms with Crippen molar-refractivity contribution >= 4 is 0 Å². The molecule has 0 unspecified atom stereocenters. The minimum absolute atomic E-state index is 0.0319. The fourth-order valence-corrected chi connectivity index (χ4v) is 2.69. The predicted octanol–water partition coefficient (Wildman–Crippen LogP) is -3.71. The fraction of sp³-hybridized carbons (Fsp3) is 1.00. The molecule has 2 saturated heterocycles. The minimum Gasteiger partial charge on any atom is -0.394 e. The molecule has 0 aliphatic carbocycles. The van der Waals surface area contributed by atoms with Crippen LogP contribution in [0.5, 0.6) is 0 Å². The molecule has 9 atom stereocenters. The van der Waals surface area contributed by atoms with Crippen molar-refractivity contribution in [3.05, 3.63) is 0 Å². The Morgan fingerprint density at radius 2 is 1.61 bits per heavy atom. The lowest BCUT2D eigenvalue weighted by Crippen LogP contribution is -2.62. The number of ether oxygens (including phenoxy) is 4. The molecule has 0 bridgehead atoms. The number of aliphatic hydroxyl groups is 6. The molecule has 10 heteroatoms. The molecule has 0 aromatic heterocycles. The van der Waals surface area contributed by atoms with E-state index < -0.39 is 61.9 Å². The first-order chi connectivity index (χ1) is 10.9. The van der Waals surface area contributed by atoms with Crippen LogP contribution in [-0.4, -0.2) is 106 Å². The molecular weight excluding hydrogens is 316 g/mol. The van der Waals surface area contributed by atoms with Gasteiger partial charge in [0.1, 0.15) is 30.5 Å². The number of hydrogen-bond donors (Lipinski definition) is 6. The summed E-state index contributed by atoms with van der Waals surface area (Å²) in [5.41, 5.74) is 0. The van der Waals surface area contributed by atoms with E-state index in [2.05, 4.69) is 0 Å². The molecule has 0 aromatic carbocycles. The summed E-state index contributed by atoms with van der Waals surface area (Å²) in [7, 11) is 1.28. The van der Waals surface area contributed by atoms with Gasteiger partial charge in [-0.3, -0.25) is 0 Å². The first kappa shape index (κ1) is 18.9. The van der Waals surface area contributed by atoms with Gasteiger partial charge in [-0.05, 0) is 0 Å². The van der Waals surface area contributed by atoms with Crippen LogP contribution >= 0.6 is 0 Å². The second kappa shape index (κ2) is 8.12. The fourth-order valence-electron chi connectivity index (χ4n) is 2.69. The number of rotatable bonds is 5. The lowest BCUT2D eigenvalue weighted by molar-refractivity contribution is -0.355. The van der Waals surface area contributed by atoms with Gasteiger partial charge in [0.05, 0.1) is 25.4 Å². The SMILES string of the molecule is CO[C@H]1O[C@H](CO)[C@@H](O)[C@H](O)[C@@H]1O[C@H]1O[C@H](CO)C[C@H](O)[C@@H]1O. The standard InChI is InChI=1S/C13H24O10/c1-20-13-11(10(19)9(18)7(4-15)22-13)23-12-8(17)6(16)2-5(3-14)21-12/h5-19H,2-4H2,1H3/t5-,6-,7+,8-,9+,10-,11-,12+,13-/m0/s1. The van der Waals surface area contributed by atoms with Crippen LogP contribution in [0.2, 0.25) is 0 Å².